The van der Waals surface area contributed by atoms with Gasteiger partial charge in [-0.3, -0.25) is 4.79 Å². The molecule has 0 amide bonds. The SMILES string of the molecule is CCc1cn(-c2cccc(C)c2C)nc(C(=O)OC)c1=O. The van der Waals surface area contributed by atoms with E-state index in [1.54, 1.807) is 10.9 Å². The lowest BCUT2D eigenvalue weighted by atomic mass is 10.1. The Kier molecular flexibility index (Phi) is 4.21. The lowest BCUT2D eigenvalue weighted by Crippen LogP contribution is -2.25. The number of carbonyl (C=O) groups excluding carboxylic acids is 1. The first-order valence-corrected chi connectivity index (χ1v) is 6.77. The number of hydrogen-bond donors (Lipinski definition) is 0. The van der Waals surface area contributed by atoms with Crippen LogP contribution in [0, 0.1) is 13.8 Å². The van der Waals surface area contributed by atoms with Gasteiger partial charge in [-0.1, -0.05) is 19.1 Å². The molecule has 5 heteroatoms. The van der Waals surface area contributed by atoms with E-state index in [4.69, 9.17) is 0 Å². The molecule has 0 N–H and O–H groups in total. The molecule has 0 saturated carbocycles. The molecule has 1 heterocycles. The fraction of sp³-hybridized carbons (Fsp3) is 0.312. The van der Waals surface area contributed by atoms with Crippen molar-refractivity contribution in [3.63, 3.8) is 0 Å². The summed E-state index contributed by atoms with van der Waals surface area (Å²) in [5.74, 6) is -0.714. The summed E-state index contributed by atoms with van der Waals surface area (Å²) in [4.78, 5) is 23.9. The smallest absolute Gasteiger partial charge is 0.362 e. The van der Waals surface area contributed by atoms with Gasteiger partial charge in [-0.15, -0.1) is 0 Å². The molecule has 0 radical (unpaired) electrons. The van der Waals surface area contributed by atoms with E-state index in [2.05, 4.69) is 9.84 Å². The monoisotopic (exact) mass is 286 g/mol. The van der Waals surface area contributed by atoms with E-state index in [-0.39, 0.29) is 11.1 Å². The largest absolute Gasteiger partial charge is 0.464 e. The van der Waals surface area contributed by atoms with Crippen LogP contribution >= 0.6 is 0 Å². The summed E-state index contributed by atoms with van der Waals surface area (Å²) >= 11 is 0. The number of methoxy groups -OCH3 is 1. The van der Waals surface area contributed by atoms with Gasteiger partial charge in [0.1, 0.15) is 0 Å². The molecule has 0 spiro atoms. The molecule has 0 aliphatic rings. The van der Waals surface area contributed by atoms with Gasteiger partial charge in [-0.05, 0) is 37.5 Å². The topological polar surface area (TPSA) is 61.2 Å². The summed E-state index contributed by atoms with van der Waals surface area (Å²) in [7, 11) is 1.24. The van der Waals surface area contributed by atoms with E-state index in [0.717, 1.165) is 16.8 Å². The summed E-state index contributed by atoms with van der Waals surface area (Å²) in [6, 6.07) is 5.82. The Labute approximate surface area is 123 Å². The third kappa shape index (κ3) is 2.72. The molecular weight excluding hydrogens is 268 g/mol. The maximum atomic E-state index is 12.2. The molecule has 5 nitrogen and oxygen atoms in total. The molecule has 2 aromatic rings. The highest BCUT2D eigenvalue weighted by molar-refractivity contribution is 5.87. The molecule has 1 aromatic heterocycles. The molecule has 0 atom stereocenters. The maximum Gasteiger partial charge on any atom is 0.362 e. The van der Waals surface area contributed by atoms with Gasteiger partial charge < -0.3 is 4.74 Å². The second kappa shape index (κ2) is 5.91. The number of ether oxygens (including phenoxy) is 1. The molecule has 21 heavy (non-hydrogen) atoms. The Bertz CT molecular complexity index is 748. The number of hydrogen-bond acceptors (Lipinski definition) is 4. The second-order valence-electron chi connectivity index (χ2n) is 4.84. The summed E-state index contributed by atoms with van der Waals surface area (Å²) in [5, 5.41) is 4.15. The molecular formula is C16H18N2O3. The summed E-state index contributed by atoms with van der Waals surface area (Å²) in [5.41, 5.74) is 2.99. The van der Waals surface area contributed by atoms with Crippen molar-refractivity contribution in [1.29, 1.82) is 0 Å². The highest BCUT2D eigenvalue weighted by atomic mass is 16.5. The van der Waals surface area contributed by atoms with E-state index in [1.807, 2.05) is 39.0 Å². The number of carbonyl (C=O) groups is 1. The third-order valence-electron chi connectivity index (χ3n) is 3.58. The van der Waals surface area contributed by atoms with Gasteiger partial charge in [0.25, 0.3) is 0 Å². The van der Waals surface area contributed by atoms with Gasteiger partial charge >= 0.3 is 5.97 Å². The molecule has 0 saturated heterocycles. The summed E-state index contributed by atoms with van der Waals surface area (Å²) < 4.78 is 6.22. The van der Waals surface area contributed by atoms with Crippen molar-refractivity contribution >= 4 is 5.97 Å². The first-order chi connectivity index (χ1) is 9.99. The molecule has 0 aliphatic carbocycles. The Morgan fingerprint density at radius 1 is 1.33 bits per heavy atom. The van der Waals surface area contributed by atoms with Crippen LogP contribution in [-0.4, -0.2) is 22.9 Å². The number of rotatable bonds is 3. The molecule has 2 rings (SSSR count). The van der Waals surface area contributed by atoms with Crippen molar-refractivity contribution in [2.45, 2.75) is 27.2 Å². The van der Waals surface area contributed by atoms with Crippen LogP contribution in [0.25, 0.3) is 5.69 Å². The highest BCUT2D eigenvalue weighted by Gasteiger charge is 2.17. The quantitative estimate of drug-likeness (QED) is 0.812. The number of esters is 1. The molecule has 1 aromatic carbocycles. The Morgan fingerprint density at radius 2 is 2.05 bits per heavy atom. The molecule has 0 bridgehead atoms. The lowest BCUT2D eigenvalue weighted by molar-refractivity contribution is 0.0590. The van der Waals surface area contributed by atoms with Gasteiger partial charge in [0.05, 0.1) is 12.8 Å². The van der Waals surface area contributed by atoms with Gasteiger partial charge in [-0.2, -0.15) is 5.10 Å². The molecule has 0 fully saturated rings. The van der Waals surface area contributed by atoms with E-state index >= 15 is 0 Å². The first kappa shape index (κ1) is 15.0. The van der Waals surface area contributed by atoms with Crippen LogP contribution < -0.4 is 5.43 Å². The average molecular weight is 286 g/mol. The minimum atomic E-state index is -0.714. The van der Waals surface area contributed by atoms with E-state index in [0.29, 0.717) is 12.0 Å². The van der Waals surface area contributed by atoms with E-state index in [9.17, 15) is 9.59 Å². The average Bonchev–Trinajstić information content (AvgIpc) is 2.49. The first-order valence-electron chi connectivity index (χ1n) is 6.77. The lowest BCUT2D eigenvalue weighted by Gasteiger charge is -2.13. The fourth-order valence-electron chi connectivity index (χ4n) is 2.13. The van der Waals surface area contributed by atoms with Gasteiger partial charge in [-0.25, -0.2) is 9.48 Å². The number of benzene rings is 1. The van der Waals surface area contributed by atoms with Crippen LogP contribution in [0.4, 0.5) is 0 Å². The minimum absolute atomic E-state index is 0.183. The van der Waals surface area contributed by atoms with Crippen LogP contribution in [0.15, 0.2) is 29.2 Å². The minimum Gasteiger partial charge on any atom is -0.464 e. The van der Waals surface area contributed by atoms with Crippen molar-refractivity contribution in [1.82, 2.24) is 9.78 Å². The zero-order chi connectivity index (χ0) is 15.6. The third-order valence-corrected chi connectivity index (χ3v) is 3.58. The van der Waals surface area contributed by atoms with Crippen LogP contribution in [-0.2, 0) is 11.2 Å². The van der Waals surface area contributed by atoms with Crippen LogP contribution in [0.3, 0.4) is 0 Å². The Hall–Kier alpha value is -2.43. The second-order valence-corrected chi connectivity index (χ2v) is 4.84. The van der Waals surface area contributed by atoms with Crippen molar-refractivity contribution in [3.8, 4) is 5.69 Å². The number of aryl methyl sites for hydroxylation is 2. The number of aromatic nitrogens is 2. The van der Waals surface area contributed by atoms with Crippen molar-refractivity contribution in [2.24, 2.45) is 0 Å². The molecule has 0 aliphatic heterocycles. The van der Waals surface area contributed by atoms with E-state index in [1.165, 1.54) is 7.11 Å². The molecule has 0 unspecified atom stereocenters. The molecule has 110 valence electrons. The normalized spacial score (nSPS) is 10.5. The Morgan fingerprint density at radius 3 is 2.67 bits per heavy atom. The van der Waals surface area contributed by atoms with Gasteiger partial charge in [0.2, 0.25) is 11.1 Å². The summed E-state index contributed by atoms with van der Waals surface area (Å²) in [6.45, 7) is 5.85. The van der Waals surface area contributed by atoms with Crippen LogP contribution in [0.1, 0.15) is 34.1 Å². The van der Waals surface area contributed by atoms with Gasteiger partial charge in [0, 0.05) is 11.8 Å². The predicted octanol–water partition coefficient (Wildman–Crippen LogP) is 2.20. The summed E-state index contributed by atoms with van der Waals surface area (Å²) in [6.07, 6.45) is 2.20. The van der Waals surface area contributed by atoms with Crippen molar-refractivity contribution < 1.29 is 9.53 Å². The van der Waals surface area contributed by atoms with Crippen LogP contribution in [0.5, 0.6) is 0 Å². The zero-order valence-corrected chi connectivity index (χ0v) is 12.6. The zero-order valence-electron chi connectivity index (χ0n) is 12.6. The van der Waals surface area contributed by atoms with Crippen molar-refractivity contribution in [3.05, 3.63) is 57.0 Å². The Balaban J connectivity index is 2.73. The fourth-order valence-corrected chi connectivity index (χ4v) is 2.13. The number of nitrogens with zero attached hydrogens (tertiary/aromatic N) is 2. The van der Waals surface area contributed by atoms with Crippen molar-refractivity contribution in [2.75, 3.05) is 7.11 Å². The highest BCUT2D eigenvalue weighted by Crippen LogP contribution is 2.16. The van der Waals surface area contributed by atoms with Gasteiger partial charge in [0.15, 0.2) is 0 Å². The predicted molar refractivity (Wildman–Crippen MR) is 80.0 cm³/mol. The maximum absolute atomic E-state index is 12.2. The standard InChI is InChI=1S/C16H18N2O3/c1-5-12-9-18(13-8-6-7-10(2)11(13)3)17-14(15(12)19)16(20)21-4/h6-9H,5H2,1-4H3. The van der Waals surface area contributed by atoms with E-state index < -0.39 is 5.97 Å². The van der Waals surface area contributed by atoms with Crippen LogP contribution in [0.2, 0.25) is 0 Å².